The van der Waals surface area contributed by atoms with Gasteiger partial charge in [-0.3, -0.25) is 4.79 Å². The van der Waals surface area contributed by atoms with Crippen LogP contribution in [-0.2, 0) is 4.79 Å². The van der Waals surface area contributed by atoms with E-state index in [9.17, 15) is 4.79 Å². The maximum absolute atomic E-state index is 11.4. The van der Waals surface area contributed by atoms with E-state index >= 15 is 0 Å². The summed E-state index contributed by atoms with van der Waals surface area (Å²) >= 11 is 5.19. The molecule has 0 fully saturated rings. The minimum absolute atomic E-state index is 0.144. The molecule has 1 atom stereocenters. The zero-order valence-electron chi connectivity index (χ0n) is 9.83. The lowest BCUT2D eigenvalue weighted by Crippen LogP contribution is -2.23. The third kappa shape index (κ3) is 5.32. The minimum atomic E-state index is 0.144. The van der Waals surface area contributed by atoms with Crippen molar-refractivity contribution in [3.63, 3.8) is 0 Å². The minimum Gasteiger partial charge on any atom is -0.372 e. The lowest BCUT2D eigenvalue weighted by atomic mass is 9.95. The van der Waals surface area contributed by atoms with Gasteiger partial charge in [0.15, 0.2) is 0 Å². The summed E-state index contributed by atoms with van der Waals surface area (Å²) in [7, 11) is 3.89. The molecule has 0 aliphatic carbocycles. The maximum atomic E-state index is 11.4. The molecule has 0 amide bonds. The molecule has 0 rings (SSSR count). The van der Waals surface area contributed by atoms with Crippen molar-refractivity contribution in [1.29, 1.82) is 0 Å². The fourth-order valence-electron chi connectivity index (χ4n) is 1.13. The topological polar surface area (TPSA) is 20.3 Å². The summed E-state index contributed by atoms with van der Waals surface area (Å²) < 4.78 is 0. The number of thiocarbonyl (C=S) groups is 1. The Balaban J connectivity index is 3.93. The first-order valence-electron chi connectivity index (χ1n) is 5.07. The molecule has 14 heavy (non-hydrogen) atoms. The first kappa shape index (κ1) is 13.6. The van der Waals surface area contributed by atoms with Crippen LogP contribution in [0.5, 0.6) is 0 Å². The van der Waals surface area contributed by atoms with Crippen LogP contribution in [0.2, 0.25) is 0 Å². The van der Waals surface area contributed by atoms with E-state index < -0.39 is 0 Å². The number of Topliss-reactive ketones (excluding diaryl/α,β-unsaturated/α-hetero) is 1. The van der Waals surface area contributed by atoms with E-state index in [1.165, 1.54) is 0 Å². The molecule has 0 aliphatic rings. The van der Waals surface area contributed by atoms with Crippen LogP contribution in [-0.4, -0.2) is 29.8 Å². The summed E-state index contributed by atoms with van der Waals surface area (Å²) in [5, 5.41) is 0. The van der Waals surface area contributed by atoms with Gasteiger partial charge in [-0.15, -0.1) is 0 Å². The molecule has 2 nitrogen and oxygen atoms in total. The second-order valence-electron chi connectivity index (χ2n) is 4.42. The highest BCUT2D eigenvalue weighted by Crippen LogP contribution is 2.13. The zero-order valence-corrected chi connectivity index (χ0v) is 10.6. The van der Waals surface area contributed by atoms with Crippen molar-refractivity contribution in [3.8, 4) is 0 Å². The molecule has 0 aromatic carbocycles. The number of hydrogen-bond acceptors (Lipinski definition) is 2. The molecule has 0 saturated carbocycles. The zero-order chi connectivity index (χ0) is 11.3. The Morgan fingerprint density at radius 2 is 1.71 bits per heavy atom. The van der Waals surface area contributed by atoms with Gasteiger partial charge < -0.3 is 4.90 Å². The lowest BCUT2D eigenvalue weighted by molar-refractivity contribution is -0.122. The molecular weight excluding hydrogens is 194 g/mol. The van der Waals surface area contributed by atoms with Gasteiger partial charge in [-0.1, -0.05) is 33.0 Å². The van der Waals surface area contributed by atoms with E-state index in [-0.39, 0.29) is 5.92 Å². The molecule has 0 radical (unpaired) electrons. The molecule has 3 heteroatoms. The van der Waals surface area contributed by atoms with Gasteiger partial charge in [0.2, 0.25) is 0 Å². The Morgan fingerprint density at radius 1 is 1.21 bits per heavy atom. The van der Waals surface area contributed by atoms with Crippen LogP contribution in [0.4, 0.5) is 0 Å². The molecule has 82 valence electrons. The molecule has 0 spiro atoms. The van der Waals surface area contributed by atoms with Crippen LogP contribution in [0.3, 0.4) is 0 Å². The molecule has 0 aromatic heterocycles. The average molecular weight is 215 g/mol. The van der Waals surface area contributed by atoms with Gasteiger partial charge in [0.25, 0.3) is 0 Å². The summed E-state index contributed by atoms with van der Waals surface area (Å²) in [5.41, 5.74) is 0. The second-order valence-corrected chi connectivity index (χ2v) is 4.89. The van der Waals surface area contributed by atoms with Crippen LogP contribution in [0.1, 0.15) is 33.6 Å². The third-order valence-corrected chi connectivity index (χ3v) is 2.75. The molecule has 0 aromatic rings. The van der Waals surface area contributed by atoms with Crippen molar-refractivity contribution >= 4 is 23.0 Å². The Hall–Kier alpha value is -0.440. The SMILES string of the molecule is CC(CC(=O)C(C)C)CC(=S)N(C)C. The molecule has 0 bridgehead atoms. The van der Waals surface area contributed by atoms with Gasteiger partial charge in [-0.2, -0.15) is 0 Å². The second kappa shape index (κ2) is 6.12. The van der Waals surface area contributed by atoms with Crippen molar-refractivity contribution in [3.05, 3.63) is 0 Å². The van der Waals surface area contributed by atoms with Crippen molar-refractivity contribution in [2.24, 2.45) is 11.8 Å². The lowest BCUT2D eigenvalue weighted by Gasteiger charge is -2.18. The fourth-order valence-corrected chi connectivity index (χ4v) is 1.42. The number of rotatable bonds is 5. The maximum Gasteiger partial charge on any atom is 0.135 e. The number of carbonyl (C=O) groups is 1. The van der Waals surface area contributed by atoms with Crippen LogP contribution in [0.15, 0.2) is 0 Å². The normalized spacial score (nSPS) is 12.7. The predicted molar refractivity (Wildman–Crippen MR) is 64.5 cm³/mol. The molecule has 0 saturated heterocycles. The number of nitrogens with zero attached hydrogens (tertiary/aromatic N) is 1. The van der Waals surface area contributed by atoms with Crippen molar-refractivity contribution in [1.82, 2.24) is 4.90 Å². The van der Waals surface area contributed by atoms with E-state index in [0.717, 1.165) is 11.4 Å². The highest BCUT2D eigenvalue weighted by Gasteiger charge is 2.14. The monoisotopic (exact) mass is 215 g/mol. The largest absolute Gasteiger partial charge is 0.372 e. The highest BCUT2D eigenvalue weighted by atomic mass is 32.1. The molecule has 0 heterocycles. The summed E-state index contributed by atoms with van der Waals surface area (Å²) in [4.78, 5) is 14.3. The Kier molecular flexibility index (Phi) is 5.93. The van der Waals surface area contributed by atoms with Crippen molar-refractivity contribution in [2.75, 3.05) is 14.1 Å². The summed E-state index contributed by atoms with van der Waals surface area (Å²) in [6.45, 7) is 5.97. The summed E-state index contributed by atoms with van der Waals surface area (Å²) in [6, 6.07) is 0. The van der Waals surface area contributed by atoms with E-state index in [4.69, 9.17) is 12.2 Å². The molecule has 0 N–H and O–H groups in total. The van der Waals surface area contributed by atoms with Crippen LogP contribution in [0.25, 0.3) is 0 Å². The predicted octanol–water partition coefficient (Wildman–Crippen LogP) is 2.52. The first-order chi connectivity index (χ1) is 6.34. The average Bonchev–Trinajstić information content (AvgIpc) is 2.03. The Bertz CT molecular complexity index is 189. The Labute approximate surface area is 92.7 Å². The van der Waals surface area contributed by atoms with Crippen LogP contribution >= 0.6 is 12.2 Å². The van der Waals surface area contributed by atoms with Gasteiger partial charge in [0.1, 0.15) is 5.78 Å². The van der Waals surface area contributed by atoms with Gasteiger partial charge in [-0.25, -0.2) is 0 Å². The number of hydrogen-bond donors (Lipinski definition) is 0. The van der Waals surface area contributed by atoms with Gasteiger partial charge >= 0.3 is 0 Å². The summed E-state index contributed by atoms with van der Waals surface area (Å²) in [5.74, 6) is 0.837. The smallest absolute Gasteiger partial charge is 0.135 e. The standard InChI is InChI=1S/C11H21NOS/c1-8(2)10(13)6-9(3)7-11(14)12(4)5/h8-9H,6-7H2,1-5H3. The fraction of sp³-hybridized carbons (Fsp3) is 0.818. The van der Waals surface area contributed by atoms with Crippen molar-refractivity contribution in [2.45, 2.75) is 33.6 Å². The van der Waals surface area contributed by atoms with E-state index in [1.54, 1.807) is 0 Å². The molecule has 1 unspecified atom stereocenters. The van der Waals surface area contributed by atoms with E-state index in [0.29, 0.717) is 18.1 Å². The van der Waals surface area contributed by atoms with E-state index in [1.807, 2.05) is 32.8 Å². The summed E-state index contributed by atoms with van der Waals surface area (Å²) in [6.07, 6.45) is 1.48. The van der Waals surface area contributed by atoms with Crippen LogP contribution in [0, 0.1) is 11.8 Å². The highest BCUT2D eigenvalue weighted by molar-refractivity contribution is 7.80. The number of ketones is 1. The van der Waals surface area contributed by atoms with Gasteiger partial charge in [-0.05, 0) is 5.92 Å². The van der Waals surface area contributed by atoms with Gasteiger partial charge in [0, 0.05) is 32.9 Å². The first-order valence-corrected chi connectivity index (χ1v) is 5.48. The Morgan fingerprint density at radius 3 is 2.07 bits per heavy atom. The molecular formula is C11H21NOS. The van der Waals surface area contributed by atoms with E-state index in [2.05, 4.69) is 6.92 Å². The van der Waals surface area contributed by atoms with Crippen LogP contribution < -0.4 is 0 Å². The quantitative estimate of drug-likeness (QED) is 0.657. The molecule has 0 aliphatic heterocycles. The van der Waals surface area contributed by atoms with Gasteiger partial charge in [0.05, 0.1) is 4.99 Å². The van der Waals surface area contributed by atoms with Crippen molar-refractivity contribution < 1.29 is 4.79 Å². The number of carbonyl (C=O) groups excluding carboxylic acids is 1. The third-order valence-electron chi connectivity index (χ3n) is 2.22.